The minimum absolute atomic E-state index is 0.216. The van der Waals surface area contributed by atoms with Gasteiger partial charge in [-0.2, -0.15) is 35.1 Å². The fourth-order valence-corrected chi connectivity index (χ4v) is 3.52. The molecule has 0 aliphatic rings. The third kappa shape index (κ3) is 4.66. The molecule has 0 bridgehead atoms. The molecule has 0 amide bonds. The topological polar surface area (TPSA) is 25.2 Å². The summed E-state index contributed by atoms with van der Waals surface area (Å²) in [6.07, 6.45) is -11.8. The molecule has 0 radical (unpaired) electrons. The average molecular weight is 477 g/mol. The molecule has 12 heteroatoms. The summed E-state index contributed by atoms with van der Waals surface area (Å²) in [5.74, 6) is -5.80. The van der Waals surface area contributed by atoms with Gasteiger partial charge in [0.2, 0.25) is 0 Å². The van der Waals surface area contributed by atoms with Gasteiger partial charge in [-0.3, -0.25) is 4.99 Å². The molecular formula is C18H13ClF8N2S. The van der Waals surface area contributed by atoms with Crippen molar-refractivity contribution in [2.75, 3.05) is 7.05 Å². The van der Waals surface area contributed by atoms with E-state index < -0.39 is 35.1 Å². The first kappa shape index (κ1) is 24.3. The van der Waals surface area contributed by atoms with E-state index in [1.54, 1.807) is 25.1 Å². The van der Waals surface area contributed by atoms with E-state index in [4.69, 9.17) is 11.6 Å². The van der Waals surface area contributed by atoms with Crippen molar-refractivity contribution in [1.29, 1.82) is 0 Å². The van der Waals surface area contributed by atoms with Gasteiger partial charge in [-0.25, -0.2) is 4.98 Å². The second-order valence-corrected chi connectivity index (χ2v) is 7.41. The van der Waals surface area contributed by atoms with Gasteiger partial charge in [0.05, 0.1) is 11.3 Å². The molecular weight excluding hydrogens is 464 g/mol. The molecule has 0 aliphatic heterocycles. The molecule has 1 aromatic carbocycles. The van der Waals surface area contributed by atoms with Gasteiger partial charge in [0.15, 0.2) is 0 Å². The maximum absolute atomic E-state index is 13.8. The summed E-state index contributed by atoms with van der Waals surface area (Å²) in [6.45, 7) is 2.46. The number of aryl methyl sites for hydroxylation is 1. The number of benzene rings is 1. The third-order valence-corrected chi connectivity index (χ3v) is 5.44. The molecule has 0 N–H and O–H groups in total. The van der Waals surface area contributed by atoms with Crippen LogP contribution < -0.4 is 0 Å². The van der Waals surface area contributed by atoms with Crippen LogP contribution in [0.15, 0.2) is 34.1 Å². The van der Waals surface area contributed by atoms with Crippen LogP contribution in [0.2, 0.25) is 5.02 Å². The van der Waals surface area contributed by atoms with E-state index in [0.717, 1.165) is 6.92 Å². The van der Waals surface area contributed by atoms with E-state index >= 15 is 0 Å². The Morgan fingerprint density at radius 2 is 1.67 bits per heavy atom. The molecule has 1 aromatic heterocycles. The molecule has 0 fully saturated rings. The van der Waals surface area contributed by atoms with Crippen molar-refractivity contribution < 1.29 is 35.1 Å². The van der Waals surface area contributed by atoms with E-state index in [1.807, 2.05) is 0 Å². The lowest BCUT2D eigenvalue weighted by Gasteiger charge is -2.25. The number of aliphatic imine (C=N–C) groups is 1. The van der Waals surface area contributed by atoms with Crippen molar-refractivity contribution in [2.45, 2.75) is 32.1 Å². The Balaban J connectivity index is 2.66. The lowest BCUT2D eigenvalue weighted by molar-refractivity contribution is -0.249. The monoisotopic (exact) mass is 476 g/mol. The fraction of sp³-hybridized carbons (Fsp3) is 0.333. The number of allylic oxidation sites excluding steroid dienone is 2. The quantitative estimate of drug-likeness (QED) is 0.334. The Bertz CT molecular complexity index is 1000. The molecule has 2 aromatic rings. The van der Waals surface area contributed by atoms with Gasteiger partial charge in [-0.05, 0) is 37.1 Å². The van der Waals surface area contributed by atoms with Crippen molar-refractivity contribution in [3.05, 3.63) is 44.7 Å². The molecule has 2 nitrogen and oxygen atoms in total. The maximum atomic E-state index is 13.8. The fourth-order valence-electron chi connectivity index (χ4n) is 2.56. The molecule has 0 saturated heterocycles. The van der Waals surface area contributed by atoms with Crippen LogP contribution in [0.4, 0.5) is 35.1 Å². The van der Waals surface area contributed by atoms with Gasteiger partial charge < -0.3 is 0 Å². The molecule has 2 rings (SSSR count). The molecule has 0 atom stereocenters. The highest BCUT2D eigenvalue weighted by Crippen LogP contribution is 2.44. The number of aromatic nitrogens is 1. The van der Waals surface area contributed by atoms with Gasteiger partial charge in [-0.1, -0.05) is 17.7 Å². The highest BCUT2D eigenvalue weighted by Gasteiger charge is 2.64. The van der Waals surface area contributed by atoms with Crippen LogP contribution in [-0.4, -0.2) is 36.0 Å². The Kier molecular flexibility index (Phi) is 6.68. The van der Waals surface area contributed by atoms with Crippen LogP contribution in [0.1, 0.15) is 17.5 Å². The standard InChI is InChI=1S/C18H13ClF8N2S/c1-8-6-10(4-5-11(8)19)12-7-30-15(29-12)9(2)13(17(22,23)24)14(28-3)16(20,21)18(25,26)27/h4-7H,1-3H3/b13-9-,28-14?. The van der Waals surface area contributed by atoms with Gasteiger partial charge in [-0.15, -0.1) is 11.3 Å². The van der Waals surface area contributed by atoms with Crippen molar-refractivity contribution >= 4 is 34.2 Å². The van der Waals surface area contributed by atoms with Crippen LogP contribution in [0.5, 0.6) is 0 Å². The summed E-state index contributed by atoms with van der Waals surface area (Å²) in [4.78, 5) is 6.64. The van der Waals surface area contributed by atoms with E-state index in [2.05, 4.69) is 9.98 Å². The molecule has 0 aliphatic carbocycles. The Hall–Kier alpha value is -2.01. The molecule has 0 unspecified atom stereocenters. The van der Waals surface area contributed by atoms with Gasteiger partial charge in [0, 0.05) is 23.0 Å². The van der Waals surface area contributed by atoms with Crippen molar-refractivity contribution in [2.24, 2.45) is 4.99 Å². The Morgan fingerprint density at radius 1 is 1.07 bits per heavy atom. The molecule has 0 spiro atoms. The zero-order valence-corrected chi connectivity index (χ0v) is 17.1. The third-order valence-electron chi connectivity index (χ3n) is 4.05. The zero-order chi connectivity index (χ0) is 23.1. The number of halogens is 9. The van der Waals surface area contributed by atoms with Gasteiger partial charge in [0.1, 0.15) is 10.7 Å². The Morgan fingerprint density at radius 3 is 2.13 bits per heavy atom. The number of alkyl halides is 8. The van der Waals surface area contributed by atoms with Crippen LogP contribution >= 0.6 is 22.9 Å². The van der Waals surface area contributed by atoms with Crippen molar-refractivity contribution in [3.8, 4) is 11.3 Å². The van der Waals surface area contributed by atoms with Gasteiger partial charge >= 0.3 is 18.3 Å². The van der Waals surface area contributed by atoms with Crippen LogP contribution in [0.3, 0.4) is 0 Å². The SMILES string of the molecule is CN=C(/C(=C(\C)c1nc(-c2ccc(Cl)c(C)c2)cs1)C(F)(F)F)C(F)(F)C(F)(F)F. The zero-order valence-electron chi connectivity index (χ0n) is 15.5. The van der Waals surface area contributed by atoms with Crippen LogP contribution in [0.25, 0.3) is 16.8 Å². The summed E-state index contributed by atoms with van der Waals surface area (Å²) in [7, 11) is 0.442. The normalized spacial score (nSPS) is 14.7. The summed E-state index contributed by atoms with van der Waals surface area (Å²) in [6, 6.07) is 4.71. The van der Waals surface area contributed by atoms with Crippen molar-refractivity contribution in [3.63, 3.8) is 0 Å². The molecule has 1 heterocycles. The van der Waals surface area contributed by atoms with Crippen LogP contribution in [-0.2, 0) is 0 Å². The predicted molar refractivity (Wildman–Crippen MR) is 100 cm³/mol. The summed E-state index contributed by atoms with van der Waals surface area (Å²) in [5, 5.41) is 1.44. The first-order valence-corrected chi connectivity index (χ1v) is 9.29. The smallest absolute Gasteiger partial charge is 0.286 e. The van der Waals surface area contributed by atoms with E-state index in [-0.39, 0.29) is 10.7 Å². The molecule has 0 saturated carbocycles. The number of thiazole rings is 1. The summed E-state index contributed by atoms with van der Waals surface area (Å²) in [5.41, 5.74) is -4.12. The van der Waals surface area contributed by atoms with Gasteiger partial charge in [0.25, 0.3) is 0 Å². The maximum Gasteiger partial charge on any atom is 0.459 e. The minimum Gasteiger partial charge on any atom is -0.286 e. The number of hydrogen-bond acceptors (Lipinski definition) is 3. The summed E-state index contributed by atoms with van der Waals surface area (Å²) >= 11 is 6.59. The largest absolute Gasteiger partial charge is 0.459 e. The molecule has 30 heavy (non-hydrogen) atoms. The minimum atomic E-state index is -6.26. The van der Waals surface area contributed by atoms with E-state index in [9.17, 15) is 35.1 Å². The second kappa shape index (κ2) is 8.26. The number of nitrogens with zero attached hydrogens (tertiary/aromatic N) is 2. The molecule has 164 valence electrons. The lowest BCUT2D eigenvalue weighted by Crippen LogP contribution is -2.47. The van der Waals surface area contributed by atoms with E-state index in [0.29, 0.717) is 34.5 Å². The Labute approximate surface area is 174 Å². The highest BCUT2D eigenvalue weighted by molar-refractivity contribution is 7.11. The van der Waals surface area contributed by atoms with E-state index in [1.165, 1.54) is 5.38 Å². The predicted octanol–water partition coefficient (Wildman–Crippen LogP) is 7.38. The number of hydrogen-bond donors (Lipinski definition) is 0. The summed E-state index contributed by atoms with van der Waals surface area (Å²) < 4.78 is 106. The lowest BCUT2D eigenvalue weighted by atomic mass is 9.98. The highest BCUT2D eigenvalue weighted by atomic mass is 35.5. The van der Waals surface area contributed by atoms with Crippen LogP contribution in [0, 0.1) is 6.92 Å². The first-order valence-electron chi connectivity index (χ1n) is 8.04. The number of rotatable bonds is 4. The first-order chi connectivity index (χ1) is 13.6. The van der Waals surface area contributed by atoms with Crippen molar-refractivity contribution in [1.82, 2.24) is 4.98 Å². The average Bonchev–Trinajstić information content (AvgIpc) is 3.09. The second-order valence-electron chi connectivity index (χ2n) is 6.14.